The van der Waals surface area contributed by atoms with Gasteiger partial charge in [0, 0.05) is 18.7 Å². The largest absolute Gasteiger partial charge is 0.452 e. The number of carbonyl (C=O) groups excluding carboxylic acids is 2. The van der Waals surface area contributed by atoms with Crippen molar-refractivity contribution in [2.75, 3.05) is 19.7 Å². The molecular weight excluding hydrogens is 351 g/mol. The van der Waals surface area contributed by atoms with Gasteiger partial charge in [-0.3, -0.25) is 4.79 Å². The molecule has 1 aliphatic rings. The number of amides is 1. The number of esters is 1. The topological polar surface area (TPSA) is 72.6 Å². The maximum atomic E-state index is 13.1. The van der Waals surface area contributed by atoms with E-state index in [1.807, 2.05) is 0 Å². The van der Waals surface area contributed by atoms with Crippen LogP contribution in [0.1, 0.15) is 48.2 Å². The maximum absolute atomic E-state index is 13.1. The molecule has 3 rings (SSSR count). The van der Waals surface area contributed by atoms with E-state index in [9.17, 15) is 14.0 Å². The first kappa shape index (κ1) is 19.1. The van der Waals surface area contributed by atoms with Crippen LogP contribution in [-0.4, -0.2) is 41.6 Å². The van der Waals surface area contributed by atoms with Gasteiger partial charge >= 0.3 is 5.97 Å². The summed E-state index contributed by atoms with van der Waals surface area (Å²) in [5.74, 6) is -0.962. The van der Waals surface area contributed by atoms with Crippen LogP contribution in [0.3, 0.4) is 0 Å². The highest BCUT2D eigenvalue weighted by Gasteiger charge is 2.24. The number of likely N-dealkylation sites (tertiary alicyclic amines) is 1. The number of rotatable bonds is 4. The number of aromatic nitrogens is 1. The van der Waals surface area contributed by atoms with E-state index in [1.54, 1.807) is 11.8 Å². The van der Waals surface area contributed by atoms with E-state index in [0.717, 1.165) is 25.7 Å². The van der Waals surface area contributed by atoms with Crippen LogP contribution in [0, 0.1) is 12.7 Å². The third-order valence-corrected chi connectivity index (χ3v) is 4.72. The van der Waals surface area contributed by atoms with Gasteiger partial charge in [0.1, 0.15) is 22.8 Å². The van der Waals surface area contributed by atoms with Crippen molar-refractivity contribution in [2.45, 2.75) is 39.0 Å². The molecule has 0 aliphatic carbocycles. The first-order chi connectivity index (χ1) is 13.1. The fourth-order valence-electron chi connectivity index (χ4n) is 3.20. The summed E-state index contributed by atoms with van der Waals surface area (Å²) >= 11 is 0. The first-order valence-electron chi connectivity index (χ1n) is 9.23. The lowest BCUT2D eigenvalue weighted by Gasteiger charge is -2.24. The number of nitrogens with zero attached hydrogens (tertiary/aromatic N) is 2. The second-order valence-corrected chi connectivity index (χ2v) is 6.69. The zero-order chi connectivity index (χ0) is 19.2. The predicted octanol–water partition coefficient (Wildman–Crippen LogP) is 3.74. The van der Waals surface area contributed by atoms with Crippen LogP contribution in [0.2, 0.25) is 0 Å². The number of benzene rings is 1. The second kappa shape index (κ2) is 8.79. The van der Waals surface area contributed by atoms with Crippen molar-refractivity contribution < 1.29 is 23.2 Å². The van der Waals surface area contributed by atoms with Crippen molar-refractivity contribution in [1.29, 1.82) is 0 Å². The fraction of sp³-hybridized carbons (Fsp3) is 0.450. The third kappa shape index (κ3) is 4.72. The molecule has 1 fully saturated rings. The Balaban J connectivity index is 1.66. The van der Waals surface area contributed by atoms with Crippen LogP contribution < -0.4 is 0 Å². The lowest BCUT2D eigenvalue weighted by molar-refractivity contribution is -0.134. The number of ether oxygens (including phenoxy) is 1. The molecule has 0 atom stereocenters. The molecule has 6 nitrogen and oxygen atoms in total. The van der Waals surface area contributed by atoms with Crippen molar-refractivity contribution in [2.24, 2.45) is 0 Å². The summed E-state index contributed by atoms with van der Waals surface area (Å²) < 4.78 is 23.5. The van der Waals surface area contributed by atoms with E-state index in [1.165, 1.54) is 30.7 Å². The van der Waals surface area contributed by atoms with Gasteiger partial charge < -0.3 is 14.2 Å². The van der Waals surface area contributed by atoms with E-state index in [2.05, 4.69) is 5.16 Å². The van der Waals surface area contributed by atoms with Crippen molar-refractivity contribution >= 4 is 11.9 Å². The van der Waals surface area contributed by atoms with Gasteiger partial charge in [0.25, 0.3) is 5.91 Å². The summed E-state index contributed by atoms with van der Waals surface area (Å²) in [4.78, 5) is 26.7. The zero-order valence-electron chi connectivity index (χ0n) is 15.4. The number of hydrogen-bond donors (Lipinski definition) is 0. The minimum atomic E-state index is -0.673. The Morgan fingerprint density at radius 2 is 1.74 bits per heavy atom. The highest BCUT2D eigenvalue weighted by atomic mass is 19.1. The molecule has 1 saturated heterocycles. The summed E-state index contributed by atoms with van der Waals surface area (Å²) in [6.07, 6.45) is 5.38. The van der Waals surface area contributed by atoms with Gasteiger partial charge in [-0.2, -0.15) is 0 Å². The average Bonchev–Trinajstić information content (AvgIpc) is 3.01. The average molecular weight is 374 g/mol. The van der Waals surface area contributed by atoms with Crippen molar-refractivity contribution in [1.82, 2.24) is 10.1 Å². The molecule has 0 radical (unpaired) electrons. The number of aryl methyl sites for hydroxylation is 1. The summed E-state index contributed by atoms with van der Waals surface area (Å²) in [6.45, 7) is 2.68. The molecule has 0 saturated carbocycles. The Morgan fingerprint density at radius 3 is 2.41 bits per heavy atom. The van der Waals surface area contributed by atoms with Crippen LogP contribution in [0.4, 0.5) is 4.39 Å². The molecule has 144 valence electrons. The van der Waals surface area contributed by atoms with E-state index < -0.39 is 5.97 Å². The lowest BCUT2D eigenvalue weighted by Crippen LogP contribution is -2.37. The van der Waals surface area contributed by atoms with Gasteiger partial charge in [0.2, 0.25) is 0 Å². The molecule has 1 aromatic heterocycles. The minimum Gasteiger partial charge on any atom is -0.452 e. The molecule has 1 aliphatic heterocycles. The summed E-state index contributed by atoms with van der Waals surface area (Å²) in [5.41, 5.74) is 0.966. The SMILES string of the molecule is Cc1onc(-c2ccc(F)cc2)c1C(=O)OCC(=O)N1CCCCCCC1. The Labute approximate surface area is 157 Å². The molecular formula is C20H23FN2O4. The van der Waals surface area contributed by atoms with Crippen LogP contribution >= 0.6 is 0 Å². The normalized spacial score (nSPS) is 15.1. The highest BCUT2D eigenvalue weighted by molar-refractivity contribution is 5.98. The summed E-state index contributed by atoms with van der Waals surface area (Å²) in [6, 6.07) is 5.57. The molecule has 0 spiro atoms. The molecule has 0 N–H and O–H groups in total. The van der Waals surface area contributed by atoms with Gasteiger partial charge in [-0.15, -0.1) is 0 Å². The van der Waals surface area contributed by atoms with Crippen molar-refractivity contribution in [3.8, 4) is 11.3 Å². The quantitative estimate of drug-likeness (QED) is 0.763. The molecule has 0 unspecified atom stereocenters. The molecule has 27 heavy (non-hydrogen) atoms. The summed E-state index contributed by atoms with van der Waals surface area (Å²) in [7, 11) is 0. The van der Waals surface area contributed by atoms with E-state index in [0.29, 0.717) is 18.7 Å². The first-order valence-corrected chi connectivity index (χ1v) is 9.23. The van der Waals surface area contributed by atoms with Gasteiger partial charge in [-0.05, 0) is 44.0 Å². The number of hydrogen-bond acceptors (Lipinski definition) is 5. The highest BCUT2D eigenvalue weighted by Crippen LogP contribution is 2.26. The zero-order valence-corrected chi connectivity index (χ0v) is 15.4. The van der Waals surface area contributed by atoms with Crippen molar-refractivity contribution in [3.05, 3.63) is 41.4 Å². The predicted molar refractivity (Wildman–Crippen MR) is 96.6 cm³/mol. The smallest absolute Gasteiger partial charge is 0.344 e. The lowest BCUT2D eigenvalue weighted by atomic mass is 10.1. The molecule has 2 heterocycles. The van der Waals surface area contributed by atoms with Gasteiger partial charge in [0.05, 0.1) is 0 Å². The molecule has 0 bridgehead atoms. The van der Waals surface area contributed by atoms with Gasteiger partial charge in [-0.25, -0.2) is 9.18 Å². The van der Waals surface area contributed by atoms with Crippen LogP contribution in [0.25, 0.3) is 11.3 Å². The second-order valence-electron chi connectivity index (χ2n) is 6.69. The van der Waals surface area contributed by atoms with E-state index in [4.69, 9.17) is 9.26 Å². The molecule has 1 aromatic carbocycles. The van der Waals surface area contributed by atoms with E-state index in [-0.39, 0.29) is 35.3 Å². The maximum Gasteiger partial charge on any atom is 0.344 e. The van der Waals surface area contributed by atoms with Crippen LogP contribution in [0.15, 0.2) is 28.8 Å². The van der Waals surface area contributed by atoms with Gasteiger partial charge in [0.15, 0.2) is 6.61 Å². The third-order valence-electron chi connectivity index (χ3n) is 4.72. The fourth-order valence-corrected chi connectivity index (χ4v) is 3.20. The number of carbonyl (C=O) groups is 2. The van der Waals surface area contributed by atoms with E-state index >= 15 is 0 Å². The van der Waals surface area contributed by atoms with Crippen LogP contribution in [0.5, 0.6) is 0 Å². The van der Waals surface area contributed by atoms with Crippen LogP contribution in [-0.2, 0) is 9.53 Å². The summed E-state index contributed by atoms with van der Waals surface area (Å²) in [5, 5.41) is 3.88. The standard InChI is InChI=1S/C20H23FN2O4/c1-14-18(19(22-27-14)15-7-9-16(21)10-8-15)20(25)26-13-17(24)23-11-5-3-2-4-6-12-23/h7-10H,2-6,11-13H2,1H3. The Morgan fingerprint density at radius 1 is 1.11 bits per heavy atom. The molecule has 1 amide bonds. The molecule has 7 heteroatoms. The molecule has 2 aromatic rings. The van der Waals surface area contributed by atoms with Crippen molar-refractivity contribution in [3.63, 3.8) is 0 Å². The Kier molecular flexibility index (Phi) is 6.21. The number of halogens is 1. The monoisotopic (exact) mass is 374 g/mol. The van der Waals surface area contributed by atoms with Gasteiger partial charge in [-0.1, -0.05) is 24.4 Å². The Hall–Kier alpha value is -2.70. The minimum absolute atomic E-state index is 0.155. The Bertz CT molecular complexity index is 793.